The van der Waals surface area contributed by atoms with Crippen molar-refractivity contribution < 1.29 is 4.74 Å². The van der Waals surface area contributed by atoms with Crippen LogP contribution in [0.5, 0.6) is 11.5 Å². The summed E-state index contributed by atoms with van der Waals surface area (Å²) in [6.07, 6.45) is 7.23. The van der Waals surface area contributed by atoms with Crippen LogP contribution < -0.4 is 4.74 Å². The molecule has 0 bridgehead atoms. The number of nitrogens with zero attached hydrogens (tertiary/aromatic N) is 4. The molecule has 5 nitrogen and oxygen atoms in total. The number of aromatic nitrogens is 4. The molecule has 0 amide bonds. The van der Waals surface area contributed by atoms with E-state index in [0.717, 1.165) is 22.8 Å². The van der Waals surface area contributed by atoms with Crippen LogP contribution >= 0.6 is 0 Å². The van der Waals surface area contributed by atoms with Crippen molar-refractivity contribution in [3.05, 3.63) is 83.9 Å². The van der Waals surface area contributed by atoms with Crippen molar-refractivity contribution in [2.24, 2.45) is 0 Å². The molecule has 0 N–H and O–H groups in total. The molecule has 0 atom stereocenters. The quantitative estimate of drug-likeness (QED) is 0.484. The van der Waals surface area contributed by atoms with Crippen molar-refractivity contribution in [2.75, 3.05) is 0 Å². The molecule has 0 aliphatic rings. The Labute approximate surface area is 164 Å². The van der Waals surface area contributed by atoms with Crippen LogP contribution in [0.15, 0.2) is 67.1 Å². The standard InChI is InChI=1S/C23H22N4O/c1-23(2,3)18-8-11-20(12-9-18)28-21-6-4-5-17(15-21)7-10-19-13-14-24-22-25-16-26-27(19)22/h4-16H,1-3H3. The second-order valence-corrected chi connectivity index (χ2v) is 7.62. The molecule has 0 saturated heterocycles. The zero-order valence-electron chi connectivity index (χ0n) is 16.2. The van der Waals surface area contributed by atoms with Crippen LogP contribution in [-0.4, -0.2) is 19.6 Å². The Morgan fingerprint density at radius 3 is 2.50 bits per heavy atom. The van der Waals surface area contributed by atoms with Crippen molar-refractivity contribution in [3.63, 3.8) is 0 Å². The second-order valence-electron chi connectivity index (χ2n) is 7.62. The maximum atomic E-state index is 6.03. The maximum absolute atomic E-state index is 6.03. The summed E-state index contributed by atoms with van der Waals surface area (Å²) in [5, 5.41) is 4.20. The molecule has 0 aliphatic carbocycles. The van der Waals surface area contributed by atoms with Gasteiger partial charge >= 0.3 is 0 Å². The number of hydrogen-bond acceptors (Lipinski definition) is 4. The average molecular weight is 370 g/mol. The van der Waals surface area contributed by atoms with Gasteiger partial charge < -0.3 is 4.74 Å². The SMILES string of the molecule is CC(C)(C)c1ccc(Oc2cccc(C=Cc3ccnc4ncnn34)c2)cc1. The second kappa shape index (κ2) is 7.27. The Kier molecular flexibility index (Phi) is 4.65. The summed E-state index contributed by atoms with van der Waals surface area (Å²) in [5.41, 5.74) is 3.36. The number of ether oxygens (including phenoxy) is 1. The number of fused-ring (bicyclic) bond motifs is 1. The van der Waals surface area contributed by atoms with Crippen LogP contribution in [0.4, 0.5) is 0 Å². The Morgan fingerprint density at radius 1 is 0.893 bits per heavy atom. The third kappa shape index (κ3) is 3.93. The molecule has 2 aromatic carbocycles. The van der Waals surface area contributed by atoms with Crippen LogP contribution in [0.3, 0.4) is 0 Å². The van der Waals surface area contributed by atoms with E-state index in [0.29, 0.717) is 5.78 Å². The normalized spacial score (nSPS) is 12.0. The van der Waals surface area contributed by atoms with Gasteiger partial charge in [0.1, 0.15) is 17.8 Å². The van der Waals surface area contributed by atoms with Gasteiger partial charge in [0.15, 0.2) is 0 Å². The summed E-state index contributed by atoms with van der Waals surface area (Å²) >= 11 is 0. The highest BCUT2D eigenvalue weighted by atomic mass is 16.5. The van der Waals surface area contributed by atoms with Crippen LogP contribution in [0.1, 0.15) is 37.6 Å². The van der Waals surface area contributed by atoms with Crippen molar-refractivity contribution >= 4 is 17.9 Å². The van der Waals surface area contributed by atoms with E-state index in [1.54, 1.807) is 10.7 Å². The molecule has 0 spiro atoms. The summed E-state index contributed by atoms with van der Waals surface area (Å²) in [7, 11) is 0. The lowest BCUT2D eigenvalue weighted by Crippen LogP contribution is -2.10. The van der Waals surface area contributed by atoms with Crippen LogP contribution in [0.2, 0.25) is 0 Å². The number of benzene rings is 2. The monoisotopic (exact) mass is 370 g/mol. The summed E-state index contributed by atoms with van der Waals surface area (Å²) in [6, 6.07) is 18.1. The molecule has 2 aromatic heterocycles. The molecule has 28 heavy (non-hydrogen) atoms. The third-order valence-electron chi connectivity index (χ3n) is 4.47. The summed E-state index contributed by atoms with van der Waals surface area (Å²) in [6.45, 7) is 6.61. The van der Waals surface area contributed by atoms with Crippen LogP contribution in [-0.2, 0) is 5.41 Å². The van der Waals surface area contributed by atoms with E-state index in [2.05, 4.69) is 48.0 Å². The number of rotatable bonds is 4. The summed E-state index contributed by atoms with van der Waals surface area (Å²) < 4.78 is 7.73. The minimum atomic E-state index is 0.131. The molecule has 4 aromatic rings. The van der Waals surface area contributed by atoms with Gasteiger partial charge in [-0.2, -0.15) is 14.6 Å². The highest BCUT2D eigenvalue weighted by Crippen LogP contribution is 2.27. The lowest BCUT2D eigenvalue weighted by Gasteiger charge is -2.19. The van der Waals surface area contributed by atoms with Crippen LogP contribution in [0, 0.1) is 0 Å². The van der Waals surface area contributed by atoms with Crippen LogP contribution in [0.25, 0.3) is 17.9 Å². The van der Waals surface area contributed by atoms with E-state index in [9.17, 15) is 0 Å². The highest BCUT2D eigenvalue weighted by Gasteiger charge is 2.13. The van der Waals surface area contributed by atoms with E-state index < -0.39 is 0 Å². The minimum absolute atomic E-state index is 0.131. The Morgan fingerprint density at radius 2 is 1.71 bits per heavy atom. The Balaban J connectivity index is 1.52. The molecule has 0 aliphatic heterocycles. The molecule has 0 saturated carbocycles. The molecule has 0 radical (unpaired) electrons. The van der Waals surface area contributed by atoms with Crippen molar-refractivity contribution in [1.29, 1.82) is 0 Å². The van der Waals surface area contributed by atoms with Gasteiger partial charge in [-0.1, -0.05) is 51.1 Å². The molecular weight excluding hydrogens is 348 g/mol. The highest BCUT2D eigenvalue weighted by molar-refractivity contribution is 5.69. The third-order valence-corrected chi connectivity index (χ3v) is 4.47. The van der Waals surface area contributed by atoms with E-state index in [4.69, 9.17) is 4.74 Å². The van der Waals surface area contributed by atoms with Gasteiger partial charge in [0.05, 0.1) is 5.69 Å². The fraction of sp³-hybridized carbons (Fsp3) is 0.174. The molecule has 0 fully saturated rings. The van der Waals surface area contributed by atoms with Gasteiger partial charge in [-0.15, -0.1) is 0 Å². The molecule has 4 rings (SSSR count). The first-order valence-corrected chi connectivity index (χ1v) is 9.20. The van der Waals surface area contributed by atoms with Crippen molar-refractivity contribution in [1.82, 2.24) is 19.6 Å². The molecule has 5 heteroatoms. The molecule has 140 valence electrons. The lowest BCUT2D eigenvalue weighted by molar-refractivity contribution is 0.481. The molecule has 2 heterocycles. The molecular formula is C23H22N4O. The minimum Gasteiger partial charge on any atom is -0.457 e. The average Bonchev–Trinajstić information content (AvgIpc) is 3.16. The fourth-order valence-electron chi connectivity index (χ4n) is 2.91. The Hall–Kier alpha value is -3.47. The largest absolute Gasteiger partial charge is 0.457 e. The summed E-state index contributed by atoms with van der Waals surface area (Å²) in [5.74, 6) is 2.21. The van der Waals surface area contributed by atoms with E-state index in [1.165, 1.54) is 11.9 Å². The first-order chi connectivity index (χ1) is 13.5. The smallest absolute Gasteiger partial charge is 0.252 e. The zero-order chi connectivity index (χ0) is 19.6. The Bertz CT molecular complexity index is 1120. The number of hydrogen-bond donors (Lipinski definition) is 0. The first kappa shape index (κ1) is 17.9. The topological polar surface area (TPSA) is 52.3 Å². The zero-order valence-corrected chi connectivity index (χ0v) is 16.2. The summed E-state index contributed by atoms with van der Waals surface area (Å²) in [4.78, 5) is 8.28. The predicted octanol–water partition coefficient (Wildman–Crippen LogP) is 5.38. The predicted molar refractivity (Wildman–Crippen MR) is 111 cm³/mol. The van der Waals surface area contributed by atoms with Gasteiger partial charge in [-0.25, -0.2) is 4.98 Å². The van der Waals surface area contributed by atoms with E-state index in [1.807, 2.05) is 54.6 Å². The fourth-order valence-corrected chi connectivity index (χ4v) is 2.91. The first-order valence-electron chi connectivity index (χ1n) is 9.20. The van der Waals surface area contributed by atoms with Gasteiger partial charge in [0.2, 0.25) is 0 Å². The van der Waals surface area contributed by atoms with Gasteiger partial charge in [-0.3, -0.25) is 0 Å². The molecule has 0 unspecified atom stereocenters. The maximum Gasteiger partial charge on any atom is 0.252 e. The van der Waals surface area contributed by atoms with Gasteiger partial charge in [-0.05, 0) is 52.9 Å². The lowest BCUT2D eigenvalue weighted by atomic mass is 9.87. The van der Waals surface area contributed by atoms with E-state index >= 15 is 0 Å². The van der Waals surface area contributed by atoms with E-state index in [-0.39, 0.29) is 5.41 Å². The van der Waals surface area contributed by atoms with Gasteiger partial charge in [0.25, 0.3) is 5.78 Å². The van der Waals surface area contributed by atoms with Crippen molar-refractivity contribution in [3.8, 4) is 11.5 Å². The van der Waals surface area contributed by atoms with Crippen molar-refractivity contribution in [2.45, 2.75) is 26.2 Å². The van der Waals surface area contributed by atoms with Gasteiger partial charge in [0, 0.05) is 6.20 Å².